The second-order valence-electron chi connectivity index (χ2n) is 3.88. The van der Waals surface area contributed by atoms with E-state index in [4.69, 9.17) is 17.3 Å². The number of nitrogens with one attached hydrogen (secondary N) is 1. The molecule has 0 amide bonds. The van der Waals surface area contributed by atoms with Gasteiger partial charge in [0.15, 0.2) is 0 Å². The van der Waals surface area contributed by atoms with Gasteiger partial charge in [-0.3, -0.25) is 0 Å². The molecule has 17 heavy (non-hydrogen) atoms. The number of pyridine rings is 1. The van der Waals surface area contributed by atoms with E-state index < -0.39 is 0 Å². The molecule has 2 rings (SSSR count). The lowest BCUT2D eigenvalue weighted by Crippen LogP contribution is -2.08. The molecule has 0 bridgehead atoms. The van der Waals surface area contributed by atoms with E-state index in [-0.39, 0.29) is 6.04 Å². The fraction of sp³-hybridized carbons (Fsp3) is 0.154. The molecular weight excluding hydrogens is 234 g/mol. The van der Waals surface area contributed by atoms with Gasteiger partial charge in [-0.1, -0.05) is 41.9 Å². The van der Waals surface area contributed by atoms with E-state index in [9.17, 15) is 0 Å². The number of aromatic nitrogens is 1. The summed E-state index contributed by atoms with van der Waals surface area (Å²) >= 11 is 6.06. The number of nitrogens with two attached hydrogens (primary N) is 1. The summed E-state index contributed by atoms with van der Waals surface area (Å²) in [7, 11) is 0. The van der Waals surface area contributed by atoms with Gasteiger partial charge in [0, 0.05) is 6.04 Å². The van der Waals surface area contributed by atoms with Crippen LogP contribution in [0.15, 0.2) is 42.6 Å². The van der Waals surface area contributed by atoms with Crippen LogP contribution >= 0.6 is 11.6 Å². The highest BCUT2D eigenvalue weighted by molar-refractivity contribution is 6.33. The molecule has 1 aromatic carbocycles. The van der Waals surface area contributed by atoms with Gasteiger partial charge in [-0.2, -0.15) is 0 Å². The zero-order chi connectivity index (χ0) is 12.3. The Kier molecular flexibility index (Phi) is 3.49. The smallest absolute Gasteiger partial charge is 0.145 e. The van der Waals surface area contributed by atoms with Crippen molar-refractivity contribution >= 4 is 23.1 Å². The third-order valence-electron chi connectivity index (χ3n) is 2.52. The average molecular weight is 248 g/mol. The Balaban J connectivity index is 2.16. The minimum atomic E-state index is 0.143. The lowest BCUT2D eigenvalue weighted by Gasteiger charge is -2.15. The van der Waals surface area contributed by atoms with Crippen LogP contribution in [0.1, 0.15) is 18.5 Å². The minimum absolute atomic E-state index is 0.143. The molecule has 1 atom stereocenters. The van der Waals surface area contributed by atoms with Gasteiger partial charge in [-0.05, 0) is 18.6 Å². The molecule has 0 saturated heterocycles. The van der Waals surface area contributed by atoms with Gasteiger partial charge >= 0.3 is 0 Å². The highest BCUT2D eigenvalue weighted by Crippen LogP contribution is 2.25. The SMILES string of the molecule is CC(Nc1ncc(N)cc1Cl)c1ccccc1. The Morgan fingerprint density at radius 2 is 2.00 bits per heavy atom. The van der Waals surface area contributed by atoms with Crippen molar-refractivity contribution in [1.29, 1.82) is 0 Å². The third-order valence-corrected chi connectivity index (χ3v) is 2.80. The predicted molar refractivity (Wildman–Crippen MR) is 72.1 cm³/mol. The summed E-state index contributed by atoms with van der Waals surface area (Å²) in [6.07, 6.45) is 1.59. The number of benzene rings is 1. The highest BCUT2D eigenvalue weighted by atomic mass is 35.5. The maximum atomic E-state index is 6.06. The van der Waals surface area contributed by atoms with Crippen molar-refractivity contribution in [2.45, 2.75) is 13.0 Å². The first kappa shape index (κ1) is 11.7. The lowest BCUT2D eigenvalue weighted by molar-refractivity contribution is 0.875. The quantitative estimate of drug-likeness (QED) is 0.873. The Labute approximate surface area is 106 Å². The molecule has 0 fully saturated rings. The lowest BCUT2D eigenvalue weighted by atomic mass is 10.1. The summed E-state index contributed by atoms with van der Waals surface area (Å²) in [6.45, 7) is 2.06. The van der Waals surface area contributed by atoms with Crippen LogP contribution in [-0.4, -0.2) is 4.98 Å². The van der Waals surface area contributed by atoms with E-state index in [1.165, 1.54) is 5.56 Å². The molecule has 3 N–H and O–H groups in total. The van der Waals surface area contributed by atoms with Crippen molar-refractivity contribution in [2.24, 2.45) is 0 Å². The van der Waals surface area contributed by atoms with E-state index in [1.807, 2.05) is 18.2 Å². The number of nitrogen functional groups attached to an aromatic ring is 1. The molecule has 1 aromatic heterocycles. The molecule has 4 heteroatoms. The summed E-state index contributed by atoms with van der Waals surface area (Å²) in [6, 6.07) is 12.0. The van der Waals surface area contributed by atoms with Gasteiger partial charge < -0.3 is 11.1 Å². The summed E-state index contributed by atoms with van der Waals surface area (Å²) in [5.74, 6) is 0.650. The number of halogens is 1. The van der Waals surface area contributed by atoms with Crippen molar-refractivity contribution < 1.29 is 0 Å². The molecule has 0 aliphatic heterocycles. The Morgan fingerprint density at radius 1 is 1.29 bits per heavy atom. The summed E-state index contributed by atoms with van der Waals surface area (Å²) in [5.41, 5.74) is 7.34. The number of hydrogen-bond donors (Lipinski definition) is 2. The van der Waals surface area contributed by atoms with Crippen molar-refractivity contribution in [3.05, 3.63) is 53.2 Å². The third kappa shape index (κ3) is 2.88. The van der Waals surface area contributed by atoms with Gasteiger partial charge in [0.05, 0.1) is 16.9 Å². The first-order valence-electron chi connectivity index (χ1n) is 5.39. The minimum Gasteiger partial charge on any atom is -0.397 e. The number of hydrogen-bond acceptors (Lipinski definition) is 3. The van der Waals surface area contributed by atoms with E-state index in [0.29, 0.717) is 16.5 Å². The van der Waals surface area contributed by atoms with E-state index in [0.717, 1.165) is 0 Å². The summed E-state index contributed by atoms with van der Waals surface area (Å²) < 4.78 is 0. The van der Waals surface area contributed by atoms with Crippen LogP contribution in [0, 0.1) is 0 Å². The van der Waals surface area contributed by atoms with Gasteiger partial charge in [-0.25, -0.2) is 4.98 Å². The van der Waals surface area contributed by atoms with Gasteiger partial charge in [0.2, 0.25) is 0 Å². The second-order valence-corrected chi connectivity index (χ2v) is 4.28. The molecule has 88 valence electrons. The molecular formula is C13H14ClN3. The molecule has 0 radical (unpaired) electrons. The Morgan fingerprint density at radius 3 is 2.65 bits per heavy atom. The molecule has 2 aromatic rings. The average Bonchev–Trinajstić information content (AvgIpc) is 2.34. The van der Waals surface area contributed by atoms with Crippen LogP contribution in [0.2, 0.25) is 5.02 Å². The summed E-state index contributed by atoms with van der Waals surface area (Å²) in [4.78, 5) is 4.18. The molecule has 3 nitrogen and oxygen atoms in total. The number of anilines is 2. The van der Waals surface area contributed by atoms with Crippen LogP contribution < -0.4 is 11.1 Å². The van der Waals surface area contributed by atoms with Crippen LogP contribution in [0.25, 0.3) is 0 Å². The van der Waals surface area contributed by atoms with Crippen molar-refractivity contribution in [1.82, 2.24) is 4.98 Å². The molecule has 0 aliphatic carbocycles. The fourth-order valence-corrected chi connectivity index (χ4v) is 1.82. The molecule has 0 saturated carbocycles. The molecule has 0 spiro atoms. The highest BCUT2D eigenvalue weighted by Gasteiger charge is 2.08. The zero-order valence-electron chi connectivity index (χ0n) is 9.52. The first-order valence-corrected chi connectivity index (χ1v) is 5.77. The van der Waals surface area contributed by atoms with Gasteiger partial charge in [-0.15, -0.1) is 0 Å². The second kappa shape index (κ2) is 5.06. The van der Waals surface area contributed by atoms with E-state index in [2.05, 4.69) is 29.4 Å². The number of rotatable bonds is 3. The van der Waals surface area contributed by atoms with Crippen molar-refractivity contribution in [2.75, 3.05) is 11.1 Å². The molecule has 0 aliphatic rings. The van der Waals surface area contributed by atoms with Crippen molar-refractivity contribution in [3.8, 4) is 0 Å². The van der Waals surface area contributed by atoms with Crippen LogP contribution in [-0.2, 0) is 0 Å². The van der Waals surface area contributed by atoms with Gasteiger partial charge in [0.1, 0.15) is 5.82 Å². The van der Waals surface area contributed by atoms with Crippen LogP contribution in [0.3, 0.4) is 0 Å². The van der Waals surface area contributed by atoms with E-state index >= 15 is 0 Å². The zero-order valence-corrected chi connectivity index (χ0v) is 10.3. The van der Waals surface area contributed by atoms with Crippen LogP contribution in [0.5, 0.6) is 0 Å². The largest absolute Gasteiger partial charge is 0.397 e. The summed E-state index contributed by atoms with van der Waals surface area (Å²) in [5, 5.41) is 3.79. The Hall–Kier alpha value is -1.74. The Bertz CT molecular complexity index is 499. The molecule has 1 unspecified atom stereocenters. The monoisotopic (exact) mass is 247 g/mol. The standard InChI is InChI=1S/C13H14ClN3/c1-9(10-5-3-2-4-6-10)17-13-12(14)7-11(15)8-16-13/h2-9H,15H2,1H3,(H,16,17). The first-order chi connectivity index (χ1) is 8.16. The van der Waals surface area contributed by atoms with Crippen LogP contribution in [0.4, 0.5) is 11.5 Å². The van der Waals surface area contributed by atoms with Gasteiger partial charge in [0.25, 0.3) is 0 Å². The number of nitrogens with zero attached hydrogens (tertiary/aromatic N) is 1. The normalized spacial score (nSPS) is 12.1. The molecule has 1 heterocycles. The maximum absolute atomic E-state index is 6.06. The topological polar surface area (TPSA) is 50.9 Å². The van der Waals surface area contributed by atoms with Crippen molar-refractivity contribution in [3.63, 3.8) is 0 Å². The predicted octanol–water partition coefficient (Wildman–Crippen LogP) is 3.49. The fourth-order valence-electron chi connectivity index (χ4n) is 1.59. The maximum Gasteiger partial charge on any atom is 0.145 e. The van der Waals surface area contributed by atoms with E-state index in [1.54, 1.807) is 12.3 Å².